The number of hydrogen-bond acceptors (Lipinski definition) is 4. The lowest BCUT2D eigenvalue weighted by molar-refractivity contribution is -0.122. The third kappa shape index (κ3) is 4.23. The fourth-order valence-corrected chi connectivity index (χ4v) is 4.30. The molecule has 1 aliphatic rings. The Hall–Kier alpha value is -1.53. The Morgan fingerprint density at radius 3 is 2.42 bits per heavy atom. The normalized spacial score (nSPS) is 15.8. The van der Waals surface area contributed by atoms with E-state index in [0.717, 1.165) is 11.3 Å². The number of rotatable bonds is 5. The molecule has 3 nitrogen and oxygen atoms in total. The summed E-state index contributed by atoms with van der Waals surface area (Å²) in [6.45, 7) is 0.518. The number of thiocarbonyl (C=S) groups is 1. The molecule has 0 N–H and O–H groups in total. The number of thioether (sulfide) groups is 1. The second-order valence-corrected chi connectivity index (χ2v) is 8.06. The van der Waals surface area contributed by atoms with Crippen molar-refractivity contribution < 1.29 is 9.53 Å². The smallest absolute Gasteiger partial charge is 0.266 e. The van der Waals surface area contributed by atoms with E-state index in [2.05, 4.69) is 0 Å². The predicted octanol–water partition coefficient (Wildman–Crippen LogP) is 5.45. The summed E-state index contributed by atoms with van der Waals surface area (Å²) in [5.74, 6) is 0.684. The lowest BCUT2D eigenvalue weighted by Crippen LogP contribution is -2.30. The first-order valence-electron chi connectivity index (χ1n) is 7.82. The summed E-state index contributed by atoms with van der Waals surface area (Å²) < 4.78 is 5.69. The van der Waals surface area contributed by atoms with Crippen LogP contribution >= 0.6 is 47.2 Å². The maximum atomic E-state index is 12.7. The number of benzene rings is 2. The number of hydrogen-bond donors (Lipinski definition) is 0. The van der Waals surface area contributed by atoms with Crippen molar-refractivity contribution in [2.24, 2.45) is 0 Å². The van der Waals surface area contributed by atoms with Crippen molar-refractivity contribution in [2.75, 3.05) is 13.7 Å². The molecule has 7 heteroatoms. The Morgan fingerprint density at radius 2 is 1.81 bits per heavy atom. The van der Waals surface area contributed by atoms with Gasteiger partial charge < -0.3 is 4.74 Å². The van der Waals surface area contributed by atoms with Gasteiger partial charge in [0, 0.05) is 22.2 Å². The van der Waals surface area contributed by atoms with E-state index < -0.39 is 0 Å². The number of halogens is 2. The van der Waals surface area contributed by atoms with Gasteiger partial charge in [0.1, 0.15) is 10.1 Å². The molecule has 26 heavy (non-hydrogen) atoms. The van der Waals surface area contributed by atoms with Crippen molar-refractivity contribution in [3.05, 3.63) is 68.5 Å². The lowest BCUT2D eigenvalue weighted by Gasteiger charge is -2.14. The van der Waals surface area contributed by atoms with Gasteiger partial charge in [0.05, 0.1) is 12.0 Å². The minimum absolute atomic E-state index is 0.121. The van der Waals surface area contributed by atoms with Crippen LogP contribution in [0.25, 0.3) is 6.08 Å². The molecule has 0 unspecified atom stereocenters. The molecule has 0 atom stereocenters. The second kappa shape index (κ2) is 8.44. The Kier molecular flexibility index (Phi) is 6.24. The molecule has 1 heterocycles. The van der Waals surface area contributed by atoms with Crippen LogP contribution in [0.1, 0.15) is 11.1 Å². The first-order valence-corrected chi connectivity index (χ1v) is 9.80. The average molecular weight is 424 g/mol. The SMILES string of the molecule is COc1ccc(CCN2C(=O)/C(=C/c3c(Cl)cccc3Cl)SC2=S)cc1. The van der Waals surface area contributed by atoms with Gasteiger partial charge in [0.2, 0.25) is 0 Å². The fourth-order valence-electron chi connectivity index (χ4n) is 2.51. The van der Waals surface area contributed by atoms with Gasteiger partial charge in [-0.2, -0.15) is 0 Å². The van der Waals surface area contributed by atoms with Crippen LogP contribution in [0.3, 0.4) is 0 Å². The largest absolute Gasteiger partial charge is 0.497 e. The van der Waals surface area contributed by atoms with Crippen LogP contribution in [0.4, 0.5) is 0 Å². The third-order valence-corrected chi connectivity index (χ3v) is 5.97. The number of nitrogens with zero attached hydrogens (tertiary/aromatic N) is 1. The van der Waals surface area contributed by atoms with Crippen LogP contribution in [-0.4, -0.2) is 28.8 Å². The summed E-state index contributed by atoms with van der Waals surface area (Å²) in [4.78, 5) is 14.8. The Labute approximate surface area is 171 Å². The number of carbonyl (C=O) groups is 1. The Morgan fingerprint density at radius 1 is 1.15 bits per heavy atom. The molecule has 1 fully saturated rings. The van der Waals surface area contributed by atoms with Gasteiger partial charge in [-0.15, -0.1) is 0 Å². The van der Waals surface area contributed by atoms with Crippen molar-refractivity contribution in [1.29, 1.82) is 0 Å². The van der Waals surface area contributed by atoms with Gasteiger partial charge in [-0.05, 0) is 42.3 Å². The van der Waals surface area contributed by atoms with Gasteiger partial charge in [0.15, 0.2) is 0 Å². The molecule has 0 saturated carbocycles. The zero-order chi connectivity index (χ0) is 18.7. The Balaban J connectivity index is 1.73. The van der Waals surface area contributed by atoms with Crippen molar-refractivity contribution in [3.8, 4) is 5.75 Å². The molecule has 2 aromatic carbocycles. The molecular formula is C19H15Cl2NO2S2. The molecule has 1 aliphatic heterocycles. The van der Waals surface area contributed by atoms with Crippen LogP contribution in [0.2, 0.25) is 10.0 Å². The van der Waals surface area contributed by atoms with Crippen LogP contribution < -0.4 is 4.74 Å². The predicted molar refractivity (Wildman–Crippen MR) is 113 cm³/mol. The highest BCUT2D eigenvalue weighted by Gasteiger charge is 2.31. The topological polar surface area (TPSA) is 29.5 Å². The molecule has 2 aromatic rings. The summed E-state index contributed by atoms with van der Waals surface area (Å²) in [7, 11) is 1.63. The quantitative estimate of drug-likeness (QED) is 0.472. The average Bonchev–Trinajstić information content (AvgIpc) is 2.90. The highest BCUT2D eigenvalue weighted by Crippen LogP contribution is 2.35. The number of amides is 1. The highest BCUT2D eigenvalue weighted by atomic mass is 35.5. The van der Waals surface area contributed by atoms with E-state index in [0.29, 0.717) is 37.8 Å². The number of methoxy groups -OCH3 is 1. The minimum Gasteiger partial charge on any atom is -0.497 e. The van der Waals surface area contributed by atoms with Gasteiger partial charge in [-0.25, -0.2) is 0 Å². The van der Waals surface area contributed by atoms with E-state index >= 15 is 0 Å². The third-order valence-electron chi connectivity index (χ3n) is 3.93. The molecular weight excluding hydrogens is 409 g/mol. The van der Waals surface area contributed by atoms with Gasteiger partial charge >= 0.3 is 0 Å². The number of ether oxygens (including phenoxy) is 1. The molecule has 0 aliphatic carbocycles. The van der Waals surface area contributed by atoms with Crippen molar-refractivity contribution in [1.82, 2.24) is 4.90 Å². The molecule has 0 bridgehead atoms. The van der Waals surface area contributed by atoms with Gasteiger partial charge in [0.25, 0.3) is 5.91 Å². The van der Waals surface area contributed by atoms with E-state index in [-0.39, 0.29) is 5.91 Å². The second-order valence-electron chi connectivity index (χ2n) is 5.57. The van der Waals surface area contributed by atoms with E-state index in [4.69, 9.17) is 40.2 Å². The van der Waals surface area contributed by atoms with Crippen molar-refractivity contribution in [2.45, 2.75) is 6.42 Å². The first-order chi connectivity index (χ1) is 12.5. The molecule has 3 rings (SSSR count). The van der Waals surface area contributed by atoms with Crippen LogP contribution in [0.15, 0.2) is 47.4 Å². The standard InChI is InChI=1S/C19H15Cl2NO2S2/c1-24-13-7-5-12(6-8-13)9-10-22-18(23)17(26-19(22)25)11-14-15(20)3-2-4-16(14)21/h2-8,11H,9-10H2,1H3/b17-11-. The molecule has 1 saturated heterocycles. The summed E-state index contributed by atoms with van der Waals surface area (Å²) in [6, 6.07) is 13.0. The van der Waals surface area contributed by atoms with E-state index in [9.17, 15) is 4.79 Å². The van der Waals surface area contributed by atoms with Gasteiger partial charge in [-0.3, -0.25) is 9.69 Å². The molecule has 134 valence electrons. The summed E-state index contributed by atoms with van der Waals surface area (Å²) in [6.07, 6.45) is 2.41. The maximum absolute atomic E-state index is 12.7. The maximum Gasteiger partial charge on any atom is 0.266 e. The zero-order valence-corrected chi connectivity index (χ0v) is 17.0. The summed E-state index contributed by atoms with van der Waals surface area (Å²) >= 11 is 19.0. The molecule has 1 amide bonds. The van der Waals surface area contributed by atoms with Crippen LogP contribution in [-0.2, 0) is 11.2 Å². The van der Waals surface area contributed by atoms with Crippen molar-refractivity contribution >= 4 is 63.5 Å². The van der Waals surface area contributed by atoms with Crippen LogP contribution in [0, 0.1) is 0 Å². The first kappa shape index (κ1) is 19.2. The molecule has 0 aromatic heterocycles. The number of carbonyl (C=O) groups excluding carboxylic acids is 1. The van der Waals surface area contributed by atoms with Crippen molar-refractivity contribution in [3.63, 3.8) is 0 Å². The molecule has 0 spiro atoms. The van der Waals surface area contributed by atoms with E-state index in [1.807, 2.05) is 24.3 Å². The minimum atomic E-state index is -0.121. The van der Waals surface area contributed by atoms with Crippen LogP contribution in [0.5, 0.6) is 5.75 Å². The van der Waals surface area contributed by atoms with Gasteiger partial charge in [-0.1, -0.05) is 65.4 Å². The Bertz CT molecular complexity index is 861. The lowest BCUT2D eigenvalue weighted by atomic mass is 10.1. The monoisotopic (exact) mass is 423 g/mol. The fraction of sp³-hybridized carbons (Fsp3) is 0.158. The molecule has 0 radical (unpaired) electrons. The summed E-state index contributed by atoms with van der Waals surface area (Å²) in [5, 5.41) is 1.00. The highest BCUT2D eigenvalue weighted by molar-refractivity contribution is 8.26. The van der Waals surface area contributed by atoms with E-state index in [1.54, 1.807) is 36.3 Å². The zero-order valence-electron chi connectivity index (χ0n) is 13.9. The van der Waals surface area contributed by atoms with E-state index in [1.165, 1.54) is 11.8 Å². The summed E-state index contributed by atoms with van der Waals surface area (Å²) in [5.41, 5.74) is 1.74.